The maximum Gasteiger partial charge on any atom is 0.00440 e. The largest absolute Gasteiger partial charge is 0.0847 e. The normalized spacial score (nSPS) is 24.1. The molecular weight excluding hydrogens is 204 g/mol. The number of hydrogen-bond donors (Lipinski definition) is 0. The molecule has 0 radical (unpaired) electrons. The molecule has 0 aliphatic heterocycles. The Bertz CT molecular complexity index is 331. The van der Waals surface area contributed by atoms with Crippen molar-refractivity contribution in [2.24, 2.45) is 17.3 Å². The summed E-state index contributed by atoms with van der Waals surface area (Å²) in [4.78, 5) is 0. The highest BCUT2D eigenvalue weighted by atomic mass is 14.4. The lowest BCUT2D eigenvalue weighted by Gasteiger charge is -2.39. The molecule has 0 aromatic rings. The van der Waals surface area contributed by atoms with Crippen LogP contribution in [0.3, 0.4) is 0 Å². The van der Waals surface area contributed by atoms with Crippen molar-refractivity contribution in [3.63, 3.8) is 0 Å². The maximum atomic E-state index is 2.53. The topological polar surface area (TPSA) is 0 Å². The Morgan fingerprint density at radius 2 is 1.94 bits per heavy atom. The number of allylic oxidation sites excluding steroid dienone is 6. The SMILES string of the molecule is CC(C)CC(C)(C1=CCCCC1)C1C=CC=C1. The molecule has 0 nitrogen and oxygen atoms in total. The number of hydrogen-bond acceptors (Lipinski definition) is 0. The second-order valence-electron chi connectivity index (χ2n) is 6.29. The molecule has 0 aromatic carbocycles. The van der Waals surface area contributed by atoms with Crippen LogP contribution in [0.4, 0.5) is 0 Å². The Labute approximate surface area is 106 Å². The van der Waals surface area contributed by atoms with Crippen LogP contribution in [0.5, 0.6) is 0 Å². The van der Waals surface area contributed by atoms with Crippen LogP contribution in [0.2, 0.25) is 0 Å². The first kappa shape index (κ1) is 12.7. The fourth-order valence-electron chi connectivity index (χ4n) is 3.54. The first-order valence-electron chi connectivity index (χ1n) is 7.17. The summed E-state index contributed by atoms with van der Waals surface area (Å²) in [5.74, 6) is 1.39. The summed E-state index contributed by atoms with van der Waals surface area (Å²) >= 11 is 0. The monoisotopic (exact) mass is 230 g/mol. The molecule has 94 valence electrons. The zero-order chi connectivity index (χ0) is 12.3. The van der Waals surface area contributed by atoms with Gasteiger partial charge in [-0.1, -0.05) is 56.7 Å². The van der Waals surface area contributed by atoms with Crippen LogP contribution in [0, 0.1) is 17.3 Å². The summed E-state index contributed by atoms with van der Waals surface area (Å²) in [6.07, 6.45) is 18.4. The Balaban J connectivity index is 2.25. The van der Waals surface area contributed by atoms with Crippen LogP contribution < -0.4 is 0 Å². The molecule has 0 fully saturated rings. The molecule has 1 unspecified atom stereocenters. The van der Waals surface area contributed by atoms with E-state index in [1.165, 1.54) is 32.1 Å². The van der Waals surface area contributed by atoms with Gasteiger partial charge < -0.3 is 0 Å². The van der Waals surface area contributed by atoms with Gasteiger partial charge in [-0.25, -0.2) is 0 Å². The van der Waals surface area contributed by atoms with Crippen molar-refractivity contribution in [1.29, 1.82) is 0 Å². The van der Waals surface area contributed by atoms with Crippen molar-refractivity contribution in [3.8, 4) is 0 Å². The summed E-state index contributed by atoms with van der Waals surface area (Å²) in [6.45, 7) is 7.18. The first-order chi connectivity index (χ1) is 8.13. The molecule has 0 bridgehead atoms. The van der Waals surface area contributed by atoms with E-state index in [1.54, 1.807) is 5.57 Å². The van der Waals surface area contributed by atoms with E-state index in [0.29, 0.717) is 11.3 Å². The fraction of sp³-hybridized carbons (Fsp3) is 0.647. The molecule has 1 atom stereocenters. The molecule has 0 amide bonds. The predicted octanol–water partition coefficient (Wildman–Crippen LogP) is 5.28. The third-order valence-corrected chi connectivity index (χ3v) is 4.34. The van der Waals surface area contributed by atoms with Crippen molar-refractivity contribution >= 4 is 0 Å². The van der Waals surface area contributed by atoms with Gasteiger partial charge in [0.05, 0.1) is 0 Å². The first-order valence-corrected chi connectivity index (χ1v) is 7.17. The zero-order valence-electron chi connectivity index (χ0n) is 11.6. The Kier molecular flexibility index (Phi) is 3.91. The molecule has 0 saturated heterocycles. The molecule has 0 heterocycles. The average molecular weight is 230 g/mol. The van der Waals surface area contributed by atoms with E-state index < -0.39 is 0 Å². The third-order valence-electron chi connectivity index (χ3n) is 4.34. The quantitative estimate of drug-likeness (QED) is 0.576. The summed E-state index contributed by atoms with van der Waals surface area (Å²) in [7, 11) is 0. The Morgan fingerprint density at radius 1 is 1.24 bits per heavy atom. The highest BCUT2D eigenvalue weighted by Crippen LogP contribution is 2.47. The molecule has 0 heteroatoms. The van der Waals surface area contributed by atoms with Crippen LogP contribution in [0.15, 0.2) is 36.0 Å². The van der Waals surface area contributed by atoms with Crippen molar-refractivity contribution in [3.05, 3.63) is 36.0 Å². The van der Waals surface area contributed by atoms with Gasteiger partial charge in [0.1, 0.15) is 0 Å². The molecule has 2 aliphatic rings. The minimum atomic E-state index is 0.359. The van der Waals surface area contributed by atoms with Crippen molar-refractivity contribution in [2.75, 3.05) is 0 Å². The smallest absolute Gasteiger partial charge is 0.00440 e. The second-order valence-corrected chi connectivity index (χ2v) is 6.29. The van der Waals surface area contributed by atoms with Crippen molar-refractivity contribution in [1.82, 2.24) is 0 Å². The van der Waals surface area contributed by atoms with Gasteiger partial charge in [-0.05, 0) is 43.4 Å². The fourth-order valence-corrected chi connectivity index (χ4v) is 3.54. The summed E-state index contributed by atoms with van der Waals surface area (Å²) in [5.41, 5.74) is 2.08. The highest BCUT2D eigenvalue weighted by Gasteiger charge is 2.36. The van der Waals surface area contributed by atoms with Gasteiger partial charge in [-0.3, -0.25) is 0 Å². The van der Waals surface area contributed by atoms with E-state index in [1.807, 2.05) is 0 Å². The van der Waals surface area contributed by atoms with Gasteiger partial charge in [0.25, 0.3) is 0 Å². The molecule has 0 aromatic heterocycles. The Morgan fingerprint density at radius 3 is 2.47 bits per heavy atom. The van der Waals surface area contributed by atoms with Crippen LogP contribution in [-0.4, -0.2) is 0 Å². The maximum absolute atomic E-state index is 2.53. The van der Waals surface area contributed by atoms with Gasteiger partial charge in [0, 0.05) is 5.92 Å². The van der Waals surface area contributed by atoms with Gasteiger partial charge in [0.15, 0.2) is 0 Å². The van der Waals surface area contributed by atoms with Crippen LogP contribution in [0.25, 0.3) is 0 Å². The average Bonchev–Trinajstić information content (AvgIpc) is 2.83. The van der Waals surface area contributed by atoms with Crippen molar-refractivity contribution in [2.45, 2.75) is 52.9 Å². The lowest BCUT2D eigenvalue weighted by molar-refractivity contribution is 0.253. The minimum absolute atomic E-state index is 0.359. The standard InChI is InChI=1S/C17H26/c1-14(2)13-17(3,16-11-7-8-12-16)15-9-5-4-6-10-15/h7-9,11-12,14,16H,4-6,10,13H2,1-3H3. The third kappa shape index (κ3) is 2.73. The summed E-state index contributed by atoms with van der Waals surface area (Å²) < 4.78 is 0. The van der Waals surface area contributed by atoms with E-state index >= 15 is 0 Å². The van der Waals surface area contributed by atoms with E-state index in [9.17, 15) is 0 Å². The molecule has 0 saturated carbocycles. The van der Waals surface area contributed by atoms with Crippen LogP contribution in [0.1, 0.15) is 52.9 Å². The summed E-state index contributed by atoms with van der Waals surface area (Å²) in [5, 5.41) is 0. The van der Waals surface area contributed by atoms with E-state index in [2.05, 4.69) is 51.2 Å². The van der Waals surface area contributed by atoms with E-state index in [4.69, 9.17) is 0 Å². The van der Waals surface area contributed by atoms with Gasteiger partial charge in [-0.15, -0.1) is 0 Å². The van der Waals surface area contributed by atoms with E-state index in [0.717, 1.165) is 5.92 Å². The minimum Gasteiger partial charge on any atom is -0.0847 e. The predicted molar refractivity (Wildman–Crippen MR) is 75.9 cm³/mol. The molecule has 17 heavy (non-hydrogen) atoms. The van der Waals surface area contributed by atoms with Crippen LogP contribution >= 0.6 is 0 Å². The molecular formula is C17H26. The molecule has 0 spiro atoms. The van der Waals surface area contributed by atoms with Gasteiger partial charge in [-0.2, -0.15) is 0 Å². The van der Waals surface area contributed by atoms with Gasteiger partial charge >= 0.3 is 0 Å². The second kappa shape index (κ2) is 5.25. The van der Waals surface area contributed by atoms with E-state index in [-0.39, 0.29) is 0 Å². The lowest BCUT2D eigenvalue weighted by Crippen LogP contribution is -2.29. The zero-order valence-corrected chi connectivity index (χ0v) is 11.6. The molecule has 2 aliphatic carbocycles. The summed E-state index contributed by atoms with van der Waals surface area (Å²) in [6, 6.07) is 0. The number of rotatable bonds is 4. The van der Waals surface area contributed by atoms with Crippen molar-refractivity contribution < 1.29 is 0 Å². The Hall–Kier alpha value is -0.780. The van der Waals surface area contributed by atoms with Crippen LogP contribution in [-0.2, 0) is 0 Å². The molecule has 0 N–H and O–H groups in total. The highest BCUT2D eigenvalue weighted by molar-refractivity contribution is 5.28. The van der Waals surface area contributed by atoms with Gasteiger partial charge in [0.2, 0.25) is 0 Å². The lowest BCUT2D eigenvalue weighted by atomic mass is 9.65. The molecule has 2 rings (SSSR count).